The first-order valence-electron chi connectivity index (χ1n) is 10.2. The molecule has 5 nitrogen and oxygen atoms in total. The molecular weight excluding hydrogens is 470 g/mol. The molecule has 32 heavy (non-hydrogen) atoms. The third-order valence-corrected chi connectivity index (χ3v) is 7.09. The molecule has 2 aromatic carbocycles. The molecule has 164 valence electrons. The summed E-state index contributed by atoms with van der Waals surface area (Å²) in [5.41, 5.74) is 3.64. The van der Waals surface area contributed by atoms with Crippen molar-refractivity contribution in [3.8, 4) is 11.3 Å². The molecule has 0 saturated carbocycles. The third kappa shape index (κ3) is 4.20. The van der Waals surface area contributed by atoms with Gasteiger partial charge in [-0.25, -0.2) is 9.37 Å². The molecule has 5 rings (SSSR count). The first-order valence-corrected chi connectivity index (χ1v) is 11.8. The lowest BCUT2D eigenvalue weighted by atomic mass is 10.2. The second-order valence-electron chi connectivity index (χ2n) is 7.66. The van der Waals surface area contributed by atoms with E-state index in [1.54, 1.807) is 12.1 Å². The second kappa shape index (κ2) is 8.73. The number of nitrogens with zero attached hydrogens (tertiary/aromatic N) is 4. The van der Waals surface area contributed by atoms with E-state index in [0.29, 0.717) is 37.6 Å². The van der Waals surface area contributed by atoms with Crippen LogP contribution < -0.4 is 4.90 Å². The van der Waals surface area contributed by atoms with E-state index < -0.39 is 5.82 Å². The van der Waals surface area contributed by atoms with Crippen LogP contribution in [0.25, 0.3) is 16.2 Å². The maximum absolute atomic E-state index is 13.4. The first kappa shape index (κ1) is 21.2. The topological polar surface area (TPSA) is 40.9 Å². The molecule has 0 unspecified atom stereocenters. The van der Waals surface area contributed by atoms with Crippen LogP contribution in [0.3, 0.4) is 0 Å². The minimum absolute atomic E-state index is 0.0863. The predicted molar refractivity (Wildman–Crippen MR) is 127 cm³/mol. The fourth-order valence-corrected chi connectivity index (χ4v) is 5.05. The number of carbonyl (C=O) groups is 1. The number of thiazole rings is 1. The molecule has 3 heterocycles. The van der Waals surface area contributed by atoms with E-state index in [1.165, 1.54) is 17.4 Å². The van der Waals surface area contributed by atoms with Gasteiger partial charge in [0.15, 0.2) is 4.96 Å². The van der Waals surface area contributed by atoms with Gasteiger partial charge in [-0.15, -0.1) is 11.3 Å². The van der Waals surface area contributed by atoms with Gasteiger partial charge < -0.3 is 9.80 Å². The molecule has 0 N–H and O–H groups in total. The number of hydrogen-bond donors (Lipinski definition) is 0. The summed E-state index contributed by atoms with van der Waals surface area (Å²) in [6, 6.07) is 12.3. The van der Waals surface area contributed by atoms with Crippen molar-refractivity contribution >= 4 is 51.1 Å². The second-order valence-corrected chi connectivity index (χ2v) is 9.34. The quantitative estimate of drug-likeness (QED) is 0.386. The zero-order valence-electron chi connectivity index (χ0n) is 17.0. The van der Waals surface area contributed by atoms with Gasteiger partial charge >= 0.3 is 0 Å². The molecule has 0 aliphatic carbocycles. The number of carbonyl (C=O) groups excluding carboxylic acids is 1. The number of hydrogen-bond acceptors (Lipinski definition) is 4. The van der Waals surface area contributed by atoms with E-state index in [-0.39, 0.29) is 10.9 Å². The molecule has 0 bridgehead atoms. The van der Waals surface area contributed by atoms with Crippen LogP contribution in [0.4, 0.5) is 10.1 Å². The summed E-state index contributed by atoms with van der Waals surface area (Å²) in [7, 11) is 0. The van der Waals surface area contributed by atoms with Crippen LogP contribution in [0.1, 0.15) is 5.69 Å². The van der Waals surface area contributed by atoms with E-state index in [4.69, 9.17) is 23.2 Å². The highest BCUT2D eigenvalue weighted by Gasteiger charge is 2.23. The van der Waals surface area contributed by atoms with Crippen LogP contribution in [0.5, 0.6) is 0 Å². The molecule has 2 aromatic heterocycles. The number of piperazine rings is 1. The molecule has 1 aliphatic rings. The lowest BCUT2D eigenvalue weighted by Gasteiger charge is -2.36. The van der Waals surface area contributed by atoms with Gasteiger partial charge in [0, 0.05) is 59.7 Å². The Hall–Kier alpha value is -2.61. The zero-order chi connectivity index (χ0) is 22.2. The van der Waals surface area contributed by atoms with E-state index in [9.17, 15) is 9.18 Å². The number of imidazole rings is 1. The van der Waals surface area contributed by atoms with E-state index in [1.807, 2.05) is 45.1 Å². The fraction of sp³-hybridized carbons (Fsp3) is 0.217. The van der Waals surface area contributed by atoms with Crippen molar-refractivity contribution in [3.05, 3.63) is 75.6 Å². The number of amides is 1. The number of rotatable bonds is 4. The van der Waals surface area contributed by atoms with Gasteiger partial charge in [0.1, 0.15) is 5.82 Å². The fourth-order valence-electron chi connectivity index (χ4n) is 3.88. The average molecular weight is 489 g/mol. The summed E-state index contributed by atoms with van der Waals surface area (Å²) in [6.45, 7) is 2.58. The minimum atomic E-state index is -0.426. The number of halogens is 3. The molecular formula is C23H19Cl2FN4OS. The van der Waals surface area contributed by atoms with Crippen LogP contribution in [-0.2, 0) is 11.2 Å². The van der Waals surface area contributed by atoms with E-state index >= 15 is 0 Å². The predicted octanol–water partition coefficient (Wildman–Crippen LogP) is 5.40. The van der Waals surface area contributed by atoms with Gasteiger partial charge in [0.25, 0.3) is 0 Å². The van der Waals surface area contributed by atoms with Gasteiger partial charge in [-0.1, -0.05) is 35.3 Å². The van der Waals surface area contributed by atoms with Crippen molar-refractivity contribution in [2.45, 2.75) is 6.42 Å². The normalized spacial score (nSPS) is 14.3. The Balaban J connectivity index is 1.25. The highest BCUT2D eigenvalue weighted by atomic mass is 35.5. The lowest BCUT2D eigenvalue weighted by molar-refractivity contribution is -0.130. The Bertz CT molecular complexity index is 1280. The molecule has 4 aromatic rings. The number of benzene rings is 2. The lowest BCUT2D eigenvalue weighted by Crippen LogP contribution is -2.49. The zero-order valence-corrected chi connectivity index (χ0v) is 19.3. The highest BCUT2D eigenvalue weighted by Crippen LogP contribution is 2.26. The van der Waals surface area contributed by atoms with Gasteiger partial charge in [-0.2, -0.15) is 0 Å². The maximum atomic E-state index is 13.4. The summed E-state index contributed by atoms with van der Waals surface area (Å²) in [4.78, 5) is 22.5. The van der Waals surface area contributed by atoms with Crippen molar-refractivity contribution in [1.29, 1.82) is 0 Å². The summed E-state index contributed by atoms with van der Waals surface area (Å²) < 4.78 is 15.4. The number of aromatic nitrogens is 2. The first-order chi connectivity index (χ1) is 15.5. The average Bonchev–Trinajstić information content (AvgIpc) is 3.38. The molecule has 9 heteroatoms. The van der Waals surface area contributed by atoms with Crippen LogP contribution in [0, 0.1) is 5.82 Å². The standard InChI is InChI=1S/C23H19Cl2FN4OS/c24-16-3-1-15(2-4-16)21-13-30-18(14-32-23(30)27-21)12-22(31)29-9-7-28(8-10-29)17-5-6-20(26)19(25)11-17/h1-6,11,13-14H,7-10,12H2. The van der Waals surface area contributed by atoms with Crippen molar-refractivity contribution in [2.75, 3.05) is 31.1 Å². The summed E-state index contributed by atoms with van der Waals surface area (Å²) in [5, 5.41) is 2.78. The van der Waals surface area contributed by atoms with Crippen LogP contribution in [0.2, 0.25) is 10.0 Å². The van der Waals surface area contributed by atoms with Gasteiger partial charge in [0.05, 0.1) is 17.1 Å². The monoisotopic (exact) mass is 488 g/mol. The molecule has 1 fully saturated rings. The largest absolute Gasteiger partial charge is 0.368 e. The number of anilines is 1. The van der Waals surface area contributed by atoms with Gasteiger partial charge in [-0.05, 0) is 30.3 Å². The maximum Gasteiger partial charge on any atom is 0.228 e. The van der Waals surface area contributed by atoms with Gasteiger partial charge in [0.2, 0.25) is 5.91 Å². The Morgan fingerprint density at radius 2 is 1.81 bits per heavy atom. The summed E-state index contributed by atoms with van der Waals surface area (Å²) in [6.07, 6.45) is 2.28. The SMILES string of the molecule is O=C(Cc1csc2nc(-c3ccc(Cl)cc3)cn12)N1CCN(c2ccc(F)c(Cl)c2)CC1. The van der Waals surface area contributed by atoms with Crippen molar-refractivity contribution in [2.24, 2.45) is 0 Å². The highest BCUT2D eigenvalue weighted by molar-refractivity contribution is 7.15. The summed E-state index contributed by atoms with van der Waals surface area (Å²) >= 11 is 13.4. The van der Waals surface area contributed by atoms with Crippen molar-refractivity contribution in [1.82, 2.24) is 14.3 Å². The Kier molecular flexibility index (Phi) is 5.80. The van der Waals surface area contributed by atoms with Crippen LogP contribution >= 0.6 is 34.5 Å². The minimum Gasteiger partial charge on any atom is -0.368 e. The number of fused-ring (bicyclic) bond motifs is 1. The Morgan fingerprint density at radius 1 is 1.06 bits per heavy atom. The van der Waals surface area contributed by atoms with Crippen LogP contribution in [0.15, 0.2) is 54.0 Å². The van der Waals surface area contributed by atoms with E-state index in [0.717, 1.165) is 27.6 Å². The molecule has 0 atom stereocenters. The Labute approximate surface area is 198 Å². The Morgan fingerprint density at radius 3 is 2.53 bits per heavy atom. The molecule has 1 amide bonds. The van der Waals surface area contributed by atoms with Crippen LogP contribution in [-0.4, -0.2) is 46.4 Å². The third-order valence-electron chi connectivity index (χ3n) is 5.66. The summed E-state index contributed by atoms with van der Waals surface area (Å²) in [5.74, 6) is -0.340. The molecule has 1 saturated heterocycles. The van der Waals surface area contributed by atoms with Crippen molar-refractivity contribution < 1.29 is 9.18 Å². The molecule has 0 spiro atoms. The van der Waals surface area contributed by atoms with Crippen molar-refractivity contribution in [3.63, 3.8) is 0 Å². The van der Waals surface area contributed by atoms with Gasteiger partial charge in [-0.3, -0.25) is 9.20 Å². The molecule has 0 radical (unpaired) electrons. The smallest absolute Gasteiger partial charge is 0.228 e. The van der Waals surface area contributed by atoms with E-state index in [2.05, 4.69) is 9.88 Å². The molecule has 1 aliphatic heterocycles.